The molecule has 1 aromatic carbocycles. The van der Waals surface area contributed by atoms with E-state index in [0.717, 1.165) is 5.75 Å². The van der Waals surface area contributed by atoms with E-state index in [1.165, 1.54) is 29.8 Å². The van der Waals surface area contributed by atoms with Gasteiger partial charge in [0.05, 0.1) is 5.56 Å². The molecule has 0 fully saturated rings. The Morgan fingerprint density at radius 1 is 1.33 bits per heavy atom. The maximum absolute atomic E-state index is 11.5. The van der Waals surface area contributed by atoms with Crippen LogP contribution < -0.4 is 0 Å². The monoisotopic (exact) mass is 296 g/mol. The van der Waals surface area contributed by atoms with Gasteiger partial charge in [0.1, 0.15) is 11.1 Å². The Morgan fingerprint density at radius 3 is 2.71 bits per heavy atom. The molecule has 0 saturated heterocycles. The summed E-state index contributed by atoms with van der Waals surface area (Å²) >= 11 is 1.52. The maximum atomic E-state index is 11.5. The lowest BCUT2D eigenvalue weighted by Crippen LogP contribution is -2.02. The van der Waals surface area contributed by atoms with Crippen molar-refractivity contribution >= 4 is 17.5 Å². The number of hydrogen-bond acceptors (Lipinski definition) is 4. The quantitative estimate of drug-likeness (QED) is 0.630. The van der Waals surface area contributed by atoms with Crippen molar-refractivity contribution in [1.29, 1.82) is 5.26 Å². The highest BCUT2D eigenvalue weighted by atomic mass is 32.2. The van der Waals surface area contributed by atoms with E-state index in [2.05, 4.69) is 36.2 Å². The molecule has 1 heterocycles. The van der Waals surface area contributed by atoms with Gasteiger partial charge in [-0.1, -0.05) is 29.8 Å². The van der Waals surface area contributed by atoms with Gasteiger partial charge in [0, 0.05) is 17.0 Å². The Bertz CT molecular complexity index is 732. The molecule has 0 spiro atoms. The van der Waals surface area contributed by atoms with Crippen molar-refractivity contribution in [2.75, 3.05) is 0 Å². The molecule has 21 heavy (non-hydrogen) atoms. The lowest BCUT2D eigenvalue weighted by Gasteiger charge is -2.08. The van der Waals surface area contributed by atoms with Gasteiger partial charge in [0.15, 0.2) is 5.78 Å². The molecule has 0 amide bonds. The molecule has 0 radical (unpaired) electrons. The Balaban J connectivity index is 2.26. The van der Waals surface area contributed by atoms with Gasteiger partial charge < -0.3 is 0 Å². The number of aryl methyl sites for hydroxylation is 2. The number of hydrogen-bond donors (Lipinski definition) is 0. The fourth-order valence-electron chi connectivity index (χ4n) is 2.08. The average molecular weight is 296 g/mol. The zero-order valence-corrected chi connectivity index (χ0v) is 13.1. The van der Waals surface area contributed by atoms with Crippen molar-refractivity contribution in [2.45, 2.75) is 31.6 Å². The van der Waals surface area contributed by atoms with Crippen LogP contribution in [0, 0.1) is 25.2 Å². The lowest BCUT2D eigenvalue weighted by atomic mass is 10.1. The summed E-state index contributed by atoms with van der Waals surface area (Å²) in [5.74, 6) is 0.689. The van der Waals surface area contributed by atoms with Crippen LogP contribution in [0.3, 0.4) is 0 Å². The highest BCUT2D eigenvalue weighted by Crippen LogP contribution is 2.26. The van der Waals surface area contributed by atoms with Crippen molar-refractivity contribution < 1.29 is 4.79 Å². The Morgan fingerprint density at radius 2 is 2.10 bits per heavy atom. The van der Waals surface area contributed by atoms with Gasteiger partial charge in [-0.15, -0.1) is 11.8 Å². The van der Waals surface area contributed by atoms with Crippen LogP contribution in [0.2, 0.25) is 0 Å². The highest BCUT2D eigenvalue weighted by Gasteiger charge is 2.12. The summed E-state index contributed by atoms with van der Waals surface area (Å²) in [6, 6.07) is 12.0. The second-order valence-corrected chi connectivity index (χ2v) is 5.88. The summed E-state index contributed by atoms with van der Waals surface area (Å²) in [4.78, 5) is 15.9. The van der Waals surface area contributed by atoms with Crippen LogP contribution in [0.1, 0.15) is 39.7 Å². The maximum Gasteiger partial charge on any atom is 0.161 e. The molecule has 2 aromatic rings. The fourth-order valence-corrected chi connectivity index (χ4v) is 3.03. The van der Waals surface area contributed by atoms with Gasteiger partial charge in [0.25, 0.3) is 0 Å². The van der Waals surface area contributed by atoms with Crippen LogP contribution >= 0.6 is 11.8 Å². The molecule has 0 bridgehead atoms. The van der Waals surface area contributed by atoms with Crippen molar-refractivity contribution in [3.8, 4) is 6.07 Å². The summed E-state index contributed by atoms with van der Waals surface area (Å²) in [6.45, 7) is 5.35. The van der Waals surface area contributed by atoms with Gasteiger partial charge >= 0.3 is 0 Å². The Kier molecular flexibility index (Phi) is 4.77. The van der Waals surface area contributed by atoms with E-state index in [1.54, 1.807) is 13.0 Å². The molecule has 0 unspecified atom stereocenters. The van der Waals surface area contributed by atoms with Crippen molar-refractivity contribution in [1.82, 2.24) is 4.98 Å². The van der Waals surface area contributed by atoms with Crippen molar-refractivity contribution in [3.05, 3.63) is 58.3 Å². The summed E-state index contributed by atoms with van der Waals surface area (Å²) in [5, 5.41) is 9.92. The minimum Gasteiger partial charge on any atom is -0.294 e. The van der Waals surface area contributed by atoms with Crippen LogP contribution in [0.5, 0.6) is 0 Å². The molecule has 0 aliphatic heterocycles. The molecule has 4 heteroatoms. The van der Waals surface area contributed by atoms with E-state index < -0.39 is 0 Å². The number of thioether (sulfide) groups is 1. The van der Waals surface area contributed by atoms with Crippen LogP contribution in [-0.4, -0.2) is 10.8 Å². The molecule has 0 atom stereocenters. The molecule has 2 rings (SSSR count). The fraction of sp³-hybridized carbons (Fsp3) is 0.235. The zero-order chi connectivity index (χ0) is 15.4. The predicted molar refractivity (Wildman–Crippen MR) is 84.4 cm³/mol. The number of Topliss-reactive ketones (excluding diaryl/α,β-unsaturated/α-hetero) is 1. The Hall–Kier alpha value is -2.12. The third-order valence-corrected chi connectivity index (χ3v) is 4.20. The van der Waals surface area contributed by atoms with Gasteiger partial charge in [-0.2, -0.15) is 5.26 Å². The standard InChI is InChI=1S/C17H16N2OS/c1-11-5-4-6-14(7-11)10-21-17-15(9-18)8-16(13(3)20)12(2)19-17/h4-8H,10H2,1-3H3. The molecule has 106 valence electrons. The van der Waals surface area contributed by atoms with Gasteiger partial charge in [-0.05, 0) is 32.4 Å². The number of nitrogens with zero attached hydrogens (tertiary/aromatic N) is 2. The van der Waals surface area contributed by atoms with Crippen molar-refractivity contribution in [2.24, 2.45) is 0 Å². The zero-order valence-electron chi connectivity index (χ0n) is 12.3. The third-order valence-electron chi connectivity index (χ3n) is 3.14. The van der Waals surface area contributed by atoms with E-state index in [9.17, 15) is 10.1 Å². The summed E-state index contributed by atoms with van der Waals surface area (Å²) in [5.41, 5.74) is 4.06. The molecular weight excluding hydrogens is 280 g/mol. The number of rotatable bonds is 4. The topological polar surface area (TPSA) is 53.8 Å². The minimum atomic E-state index is -0.0632. The van der Waals surface area contributed by atoms with Gasteiger partial charge in [-0.25, -0.2) is 4.98 Å². The number of carbonyl (C=O) groups excluding carboxylic acids is 1. The highest BCUT2D eigenvalue weighted by molar-refractivity contribution is 7.98. The third kappa shape index (κ3) is 3.71. The first kappa shape index (κ1) is 15.3. The number of pyridine rings is 1. The van der Waals surface area contributed by atoms with E-state index in [1.807, 2.05) is 6.07 Å². The molecule has 0 aliphatic carbocycles. The normalized spacial score (nSPS) is 10.2. The molecule has 3 nitrogen and oxygen atoms in total. The number of benzene rings is 1. The van der Waals surface area contributed by atoms with Crippen LogP contribution in [0.25, 0.3) is 0 Å². The first-order valence-electron chi connectivity index (χ1n) is 6.62. The molecule has 1 aromatic heterocycles. The summed E-state index contributed by atoms with van der Waals surface area (Å²) < 4.78 is 0. The second-order valence-electron chi connectivity index (χ2n) is 4.92. The number of carbonyl (C=O) groups is 1. The molecular formula is C17H16N2OS. The number of aromatic nitrogens is 1. The van der Waals surface area contributed by atoms with Crippen LogP contribution in [0.15, 0.2) is 35.4 Å². The van der Waals surface area contributed by atoms with Crippen molar-refractivity contribution in [3.63, 3.8) is 0 Å². The average Bonchev–Trinajstić information content (AvgIpc) is 2.45. The predicted octanol–water partition coefficient (Wildman–Crippen LogP) is 4.07. The lowest BCUT2D eigenvalue weighted by molar-refractivity contribution is 0.101. The number of nitriles is 1. The van der Waals surface area contributed by atoms with Crippen LogP contribution in [0.4, 0.5) is 0 Å². The van der Waals surface area contributed by atoms with E-state index in [4.69, 9.17) is 0 Å². The molecule has 0 aliphatic rings. The van der Waals surface area contributed by atoms with E-state index in [0.29, 0.717) is 21.8 Å². The SMILES string of the molecule is CC(=O)c1cc(C#N)c(SCc2cccc(C)c2)nc1C. The number of ketones is 1. The summed E-state index contributed by atoms with van der Waals surface area (Å²) in [6.07, 6.45) is 0. The van der Waals surface area contributed by atoms with Crippen LogP contribution in [-0.2, 0) is 5.75 Å². The minimum absolute atomic E-state index is 0.0632. The smallest absolute Gasteiger partial charge is 0.161 e. The van der Waals surface area contributed by atoms with E-state index >= 15 is 0 Å². The van der Waals surface area contributed by atoms with E-state index in [-0.39, 0.29) is 5.78 Å². The first-order valence-corrected chi connectivity index (χ1v) is 7.61. The summed E-state index contributed by atoms with van der Waals surface area (Å²) in [7, 11) is 0. The molecule has 0 saturated carbocycles. The van der Waals surface area contributed by atoms with Gasteiger partial charge in [-0.3, -0.25) is 4.79 Å². The Labute approximate surface area is 129 Å². The second kappa shape index (κ2) is 6.55. The largest absolute Gasteiger partial charge is 0.294 e. The van der Waals surface area contributed by atoms with Gasteiger partial charge in [0.2, 0.25) is 0 Å². The molecule has 0 N–H and O–H groups in total. The first-order chi connectivity index (χ1) is 10.0.